The standard InChI is InChI=1S/C16H16O3/c1-7-5-6-11-12(8(7)2)13-15(18)9(3)14(17)10(4)16(13)19-11/h5-6,17-18H,1-4H3. The summed E-state index contributed by atoms with van der Waals surface area (Å²) in [7, 11) is 0. The van der Waals surface area contributed by atoms with Gasteiger partial charge < -0.3 is 14.6 Å². The Balaban J connectivity index is 2.69. The molecule has 2 N–H and O–H groups in total. The molecule has 0 atom stereocenters. The maximum absolute atomic E-state index is 10.3. The highest BCUT2D eigenvalue weighted by atomic mass is 16.3. The van der Waals surface area contributed by atoms with Crippen molar-refractivity contribution < 1.29 is 14.6 Å². The van der Waals surface area contributed by atoms with Crippen LogP contribution in [0.2, 0.25) is 0 Å². The fourth-order valence-electron chi connectivity index (χ4n) is 2.64. The van der Waals surface area contributed by atoms with E-state index in [2.05, 4.69) is 0 Å². The second-order valence-electron chi connectivity index (χ2n) is 5.13. The van der Waals surface area contributed by atoms with Crippen molar-refractivity contribution in [1.29, 1.82) is 0 Å². The second kappa shape index (κ2) is 3.67. The van der Waals surface area contributed by atoms with Gasteiger partial charge in [0.05, 0.1) is 5.39 Å². The predicted octanol–water partition coefficient (Wildman–Crippen LogP) is 4.23. The summed E-state index contributed by atoms with van der Waals surface area (Å²) in [6.07, 6.45) is 0. The maximum atomic E-state index is 10.3. The predicted molar refractivity (Wildman–Crippen MR) is 76.0 cm³/mol. The lowest BCUT2D eigenvalue weighted by Gasteiger charge is -2.07. The average Bonchev–Trinajstić information content (AvgIpc) is 2.78. The summed E-state index contributed by atoms with van der Waals surface area (Å²) in [6.45, 7) is 7.56. The second-order valence-corrected chi connectivity index (χ2v) is 5.13. The van der Waals surface area contributed by atoms with Gasteiger partial charge in [-0.15, -0.1) is 0 Å². The first-order valence-electron chi connectivity index (χ1n) is 6.27. The zero-order valence-electron chi connectivity index (χ0n) is 11.5. The third-order valence-corrected chi connectivity index (χ3v) is 4.03. The molecule has 0 radical (unpaired) electrons. The van der Waals surface area contributed by atoms with Crippen LogP contribution in [0.1, 0.15) is 22.3 Å². The van der Waals surface area contributed by atoms with E-state index in [0.717, 1.165) is 22.1 Å². The molecule has 0 aliphatic carbocycles. The molecular weight excluding hydrogens is 240 g/mol. The first kappa shape index (κ1) is 11.9. The van der Waals surface area contributed by atoms with E-state index in [-0.39, 0.29) is 11.5 Å². The van der Waals surface area contributed by atoms with Crippen molar-refractivity contribution in [3.05, 3.63) is 34.4 Å². The molecule has 1 heterocycles. The van der Waals surface area contributed by atoms with Gasteiger partial charge in [-0.3, -0.25) is 0 Å². The Morgan fingerprint density at radius 2 is 1.47 bits per heavy atom. The van der Waals surface area contributed by atoms with Gasteiger partial charge in [0, 0.05) is 16.5 Å². The highest BCUT2D eigenvalue weighted by Crippen LogP contribution is 2.44. The van der Waals surface area contributed by atoms with Crippen LogP contribution in [0, 0.1) is 27.7 Å². The van der Waals surface area contributed by atoms with E-state index in [1.54, 1.807) is 13.8 Å². The number of aryl methyl sites for hydroxylation is 3. The topological polar surface area (TPSA) is 53.6 Å². The molecule has 0 bridgehead atoms. The number of hydrogen-bond donors (Lipinski definition) is 2. The van der Waals surface area contributed by atoms with Crippen LogP contribution in [0.3, 0.4) is 0 Å². The molecule has 3 rings (SSSR count). The van der Waals surface area contributed by atoms with Crippen LogP contribution < -0.4 is 0 Å². The first-order valence-corrected chi connectivity index (χ1v) is 6.27. The summed E-state index contributed by atoms with van der Waals surface area (Å²) in [4.78, 5) is 0. The van der Waals surface area contributed by atoms with Gasteiger partial charge >= 0.3 is 0 Å². The number of aromatic hydroxyl groups is 2. The van der Waals surface area contributed by atoms with Crippen molar-refractivity contribution in [1.82, 2.24) is 0 Å². The highest BCUT2D eigenvalue weighted by molar-refractivity contribution is 6.12. The lowest BCUT2D eigenvalue weighted by molar-refractivity contribution is 0.444. The normalized spacial score (nSPS) is 11.6. The van der Waals surface area contributed by atoms with Crippen molar-refractivity contribution in [3.8, 4) is 11.5 Å². The quantitative estimate of drug-likeness (QED) is 0.632. The maximum Gasteiger partial charge on any atom is 0.145 e. The minimum absolute atomic E-state index is 0.0958. The Morgan fingerprint density at radius 3 is 2.16 bits per heavy atom. The van der Waals surface area contributed by atoms with Crippen LogP contribution in [0.15, 0.2) is 16.5 Å². The number of hydrogen-bond acceptors (Lipinski definition) is 3. The molecule has 19 heavy (non-hydrogen) atoms. The summed E-state index contributed by atoms with van der Waals surface area (Å²) in [5, 5.41) is 22.0. The minimum atomic E-state index is 0.0958. The largest absolute Gasteiger partial charge is 0.507 e. The molecular formula is C16H16O3. The molecule has 2 aromatic carbocycles. The molecule has 3 aromatic rings. The number of rotatable bonds is 0. The smallest absolute Gasteiger partial charge is 0.145 e. The number of phenolic OH excluding ortho intramolecular Hbond substituents is 2. The zero-order chi connectivity index (χ0) is 13.9. The van der Waals surface area contributed by atoms with E-state index in [4.69, 9.17) is 4.42 Å². The van der Waals surface area contributed by atoms with Crippen molar-refractivity contribution in [3.63, 3.8) is 0 Å². The lowest BCUT2D eigenvalue weighted by atomic mass is 9.99. The van der Waals surface area contributed by atoms with Crippen LogP contribution >= 0.6 is 0 Å². The van der Waals surface area contributed by atoms with Gasteiger partial charge in [0.1, 0.15) is 22.7 Å². The first-order chi connectivity index (χ1) is 8.93. The molecule has 0 fully saturated rings. The fraction of sp³-hybridized carbons (Fsp3) is 0.250. The van der Waals surface area contributed by atoms with Crippen molar-refractivity contribution >= 4 is 21.9 Å². The molecule has 3 nitrogen and oxygen atoms in total. The summed E-state index contributed by atoms with van der Waals surface area (Å²) in [5.74, 6) is 0.198. The Hall–Kier alpha value is -2.16. The highest BCUT2D eigenvalue weighted by Gasteiger charge is 2.20. The molecule has 1 aromatic heterocycles. The molecule has 0 amide bonds. The van der Waals surface area contributed by atoms with E-state index in [1.165, 1.54) is 0 Å². The van der Waals surface area contributed by atoms with E-state index in [0.29, 0.717) is 22.1 Å². The van der Waals surface area contributed by atoms with Gasteiger partial charge in [0.15, 0.2) is 0 Å². The third-order valence-electron chi connectivity index (χ3n) is 4.03. The molecule has 3 heteroatoms. The van der Waals surface area contributed by atoms with Gasteiger partial charge in [-0.25, -0.2) is 0 Å². The molecule has 0 unspecified atom stereocenters. The molecule has 0 aliphatic heterocycles. The summed E-state index contributed by atoms with van der Waals surface area (Å²) in [5.41, 5.74) is 4.70. The van der Waals surface area contributed by atoms with Gasteiger partial charge in [-0.05, 0) is 44.9 Å². The SMILES string of the molecule is Cc1ccc2oc3c(C)c(O)c(C)c(O)c3c2c1C. The van der Waals surface area contributed by atoms with Crippen molar-refractivity contribution in [2.24, 2.45) is 0 Å². The summed E-state index contributed by atoms with van der Waals surface area (Å²) < 4.78 is 5.82. The van der Waals surface area contributed by atoms with Crippen LogP contribution in [0.5, 0.6) is 11.5 Å². The van der Waals surface area contributed by atoms with E-state index in [9.17, 15) is 10.2 Å². The van der Waals surface area contributed by atoms with Crippen LogP contribution in [-0.4, -0.2) is 10.2 Å². The molecule has 0 saturated carbocycles. The van der Waals surface area contributed by atoms with Gasteiger partial charge in [0.25, 0.3) is 0 Å². The van der Waals surface area contributed by atoms with Gasteiger partial charge in [-0.2, -0.15) is 0 Å². The van der Waals surface area contributed by atoms with Crippen LogP contribution in [0.25, 0.3) is 21.9 Å². The molecule has 98 valence electrons. The van der Waals surface area contributed by atoms with Crippen molar-refractivity contribution in [2.75, 3.05) is 0 Å². The van der Waals surface area contributed by atoms with Crippen LogP contribution in [0.4, 0.5) is 0 Å². The Bertz CT molecular complexity index is 825. The summed E-state index contributed by atoms with van der Waals surface area (Å²) in [6, 6.07) is 3.90. The Kier molecular flexibility index (Phi) is 2.30. The third kappa shape index (κ3) is 1.38. The number of furan rings is 1. The summed E-state index contributed by atoms with van der Waals surface area (Å²) >= 11 is 0. The van der Waals surface area contributed by atoms with Gasteiger partial charge in [0.2, 0.25) is 0 Å². The van der Waals surface area contributed by atoms with E-state index in [1.807, 2.05) is 26.0 Å². The van der Waals surface area contributed by atoms with E-state index >= 15 is 0 Å². The number of benzene rings is 2. The molecule has 0 saturated heterocycles. The van der Waals surface area contributed by atoms with Gasteiger partial charge in [-0.1, -0.05) is 6.07 Å². The monoisotopic (exact) mass is 256 g/mol. The van der Waals surface area contributed by atoms with E-state index < -0.39 is 0 Å². The Morgan fingerprint density at radius 1 is 0.789 bits per heavy atom. The Labute approximate surface area is 111 Å². The average molecular weight is 256 g/mol. The number of phenols is 2. The lowest BCUT2D eigenvalue weighted by Crippen LogP contribution is -1.85. The fourth-order valence-corrected chi connectivity index (χ4v) is 2.64. The van der Waals surface area contributed by atoms with Crippen LogP contribution in [-0.2, 0) is 0 Å². The zero-order valence-corrected chi connectivity index (χ0v) is 11.5. The van der Waals surface area contributed by atoms with Crippen molar-refractivity contribution in [2.45, 2.75) is 27.7 Å². The molecule has 0 spiro atoms. The minimum Gasteiger partial charge on any atom is -0.507 e. The molecule has 0 aliphatic rings. The number of fused-ring (bicyclic) bond motifs is 3.